The number of hydrogen-bond donors (Lipinski definition) is 2. The maximum atomic E-state index is 13.1. The van der Waals surface area contributed by atoms with Crippen LogP contribution in [0.5, 0.6) is 0 Å². The molecule has 0 unspecified atom stereocenters. The van der Waals surface area contributed by atoms with Gasteiger partial charge in [-0.25, -0.2) is 9.67 Å². The lowest BCUT2D eigenvalue weighted by Gasteiger charge is -2.08. The second kappa shape index (κ2) is 7.43. The summed E-state index contributed by atoms with van der Waals surface area (Å²) in [5.74, 6) is 0.778. The van der Waals surface area contributed by atoms with E-state index in [4.69, 9.17) is 11.6 Å². The van der Waals surface area contributed by atoms with Crippen LogP contribution in [0.1, 0.15) is 5.69 Å². The van der Waals surface area contributed by atoms with Gasteiger partial charge in [-0.1, -0.05) is 35.9 Å². The van der Waals surface area contributed by atoms with Gasteiger partial charge < -0.3 is 4.98 Å². The van der Waals surface area contributed by atoms with Crippen molar-refractivity contribution in [2.45, 2.75) is 6.92 Å². The highest BCUT2D eigenvalue weighted by Crippen LogP contribution is 2.31. The Labute approximate surface area is 192 Å². The largest absolute Gasteiger partial charge is 0.337 e. The third-order valence-corrected chi connectivity index (χ3v) is 5.99. The summed E-state index contributed by atoms with van der Waals surface area (Å²) >= 11 is 6.01. The molecule has 2 aromatic carbocycles. The van der Waals surface area contributed by atoms with E-state index in [2.05, 4.69) is 25.0 Å². The molecule has 0 saturated heterocycles. The lowest BCUT2D eigenvalue weighted by molar-refractivity contribution is 0.864. The van der Waals surface area contributed by atoms with Gasteiger partial charge in [0.05, 0.1) is 33.8 Å². The third kappa shape index (κ3) is 3.21. The van der Waals surface area contributed by atoms with Crippen molar-refractivity contribution in [3.8, 4) is 28.2 Å². The van der Waals surface area contributed by atoms with Gasteiger partial charge in [0.2, 0.25) is 0 Å². The maximum Gasteiger partial charge on any atom is 0.280 e. The number of rotatable bonds is 3. The maximum absolute atomic E-state index is 13.1. The molecule has 160 valence electrons. The molecule has 2 N–H and O–H groups in total. The van der Waals surface area contributed by atoms with Crippen LogP contribution in [-0.4, -0.2) is 29.7 Å². The smallest absolute Gasteiger partial charge is 0.280 e. The summed E-state index contributed by atoms with van der Waals surface area (Å²) < 4.78 is 1.52. The minimum atomic E-state index is -0.159. The average molecular weight is 453 g/mol. The lowest BCUT2D eigenvalue weighted by Crippen LogP contribution is -2.14. The van der Waals surface area contributed by atoms with Gasteiger partial charge in [-0.05, 0) is 42.8 Å². The Hall–Kier alpha value is -4.23. The molecule has 6 rings (SSSR count). The molecule has 8 heteroatoms. The number of fused-ring (bicyclic) bond motifs is 2. The van der Waals surface area contributed by atoms with Crippen LogP contribution in [0.2, 0.25) is 5.02 Å². The first-order valence-corrected chi connectivity index (χ1v) is 10.7. The van der Waals surface area contributed by atoms with Crippen LogP contribution < -0.4 is 5.56 Å². The molecule has 4 aromatic heterocycles. The van der Waals surface area contributed by atoms with Crippen molar-refractivity contribution in [2.24, 2.45) is 0 Å². The van der Waals surface area contributed by atoms with Gasteiger partial charge in [0.15, 0.2) is 0 Å². The minimum absolute atomic E-state index is 0.159. The molecule has 6 aromatic rings. The highest BCUT2D eigenvalue weighted by Gasteiger charge is 2.16. The number of imidazole rings is 1. The summed E-state index contributed by atoms with van der Waals surface area (Å²) in [5, 5.41) is 4.41. The summed E-state index contributed by atoms with van der Waals surface area (Å²) in [6, 6.07) is 17.0. The van der Waals surface area contributed by atoms with Gasteiger partial charge in [0, 0.05) is 34.2 Å². The Morgan fingerprint density at radius 1 is 0.939 bits per heavy atom. The number of nitrogens with zero attached hydrogens (tertiary/aromatic N) is 4. The van der Waals surface area contributed by atoms with Gasteiger partial charge in [-0.3, -0.25) is 19.9 Å². The number of benzene rings is 2. The van der Waals surface area contributed by atoms with E-state index in [1.54, 1.807) is 42.9 Å². The minimum Gasteiger partial charge on any atom is -0.337 e. The monoisotopic (exact) mass is 452 g/mol. The fraction of sp³-hybridized carbons (Fsp3) is 0.0400. The fourth-order valence-electron chi connectivity index (χ4n) is 4.08. The number of pyridine rings is 2. The molecule has 33 heavy (non-hydrogen) atoms. The predicted octanol–water partition coefficient (Wildman–Crippen LogP) is 5.28. The molecular weight excluding hydrogens is 436 g/mol. The molecule has 0 amide bonds. The standard InChI is InChI=1S/C25H17ClN6O/c1-14-22(15-2-4-16(5-3-15)24-29-20-10-11-27-13-21(20)30-24)23-19(12-28-14)25(33)32(31-23)18-8-6-17(26)7-9-18/h2-13,31H,1H3,(H,29,30). The van der Waals surface area contributed by atoms with Crippen molar-refractivity contribution < 1.29 is 0 Å². The van der Waals surface area contributed by atoms with Crippen molar-refractivity contribution in [3.05, 3.63) is 94.3 Å². The predicted molar refractivity (Wildman–Crippen MR) is 130 cm³/mol. The van der Waals surface area contributed by atoms with E-state index < -0.39 is 0 Å². The summed E-state index contributed by atoms with van der Waals surface area (Å²) in [7, 11) is 0. The van der Waals surface area contributed by atoms with E-state index in [1.165, 1.54) is 4.68 Å². The number of halogens is 1. The first kappa shape index (κ1) is 19.5. The molecule has 0 atom stereocenters. The Bertz CT molecular complexity index is 1660. The van der Waals surface area contributed by atoms with Gasteiger partial charge >= 0.3 is 0 Å². The lowest BCUT2D eigenvalue weighted by atomic mass is 10.0. The molecule has 0 aliphatic carbocycles. The van der Waals surface area contributed by atoms with Gasteiger partial charge in [-0.15, -0.1) is 0 Å². The summed E-state index contributed by atoms with van der Waals surface area (Å²) in [5.41, 5.74) is 6.68. The normalized spacial score (nSPS) is 11.5. The van der Waals surface area contributed by atoms with Crippen LogP contribution >= 0.6 is 11.6 Å². The molecule has 7 nitrogen and oxygen atoms in total. The van der Waals surface area contributed by atoms with Crippen LogP contribution in [-0.2, 0) is 0 Å². The topological polar surface area (TPSA) is 92.2 Å². The SMILES string of the molecule is Cc1ncc2c(=O)n(-c3ccc(Cl)cc3)[nH]c2c1-c1ccc(-c2nc3ccncc3[nH]2)cc1. The average Bonchev–Trinajstić information content (AvgIpc) is 3.41. The van der Waals surface area contributed by atoms with Gasteiger partial charge in [0.1, 0.15) is 5.82 Å². The number of hydrogen-bond acceptors (Lipinski definition) is 4. The quantitative estimate of drug-likeness (QED) is 0.382. The highest BCUT2D eigenvalue weighted by molar-refractivity contribution is 6.30. The summed E-state index contributed by atoms with van der Waals surface area (Å²) in [4.78, 5) is 29.6. The second-order valence-electron chi connectivity index (χ2n) is 7.79. The van der Waals surface area contributed by atoms with Gasteiger partial charge in [0.25, 0.3) is 5.56 Å². The van der Waals surface area contributed by atoms with E-state index >= 15 is 0 Å². The Morgan fingerprint density at radius 3 is 2.45 bits per heavy atom. The highest BCUT2D eigenvalue weighted by atomic mass is 35.5. The zero-order valence-electron chi connectivity index (χ0n) is 17.5. The van der Waals surface area contributed by atoms with Crippen LogP contribution in [0.4, 0.5) is 0 Å². The van der Waals surface area contributed by atoms with E-state index in [0.717, 1.165) is 44.8 Å². The van der Waals surface area contributed by atoms with E-state index in [-0.39, 0.29) is 5.56 Å². The Morgan fingerprint density at radius 2 is 1.70 bits per heavy atom. The molecule has 0 radical (unpaired) electrons. The molecule has 0 bridgehead atoms. The van der Waals surface area contributed by atoms with Crippen LogP contribution in [0.25, 0.3) is 50.1 Å². The number of aromatic nitrogens is 6. The number of H-pyrrole nitrogens is 2. The summed E-state index contributed by atoms with van der Waals surface area (Å²) in [6.45, 7) is 1.94. The molecular formula is C25H17ClN6O. The first-order valence-electron chi connectivity index (χ1n) is 10.4. The van der Waals surface area contributed by atoms with Crippen LogP contribution in [0.3, 0.4) is 0 Å². The fourth-order valence-corrected chi connectivity index (χ4v) is 4.21. The number of aromatic amines is 2. The van der Waals surface area contributed by atoms with Crippen LogP contribution in [0, 0.1) is 6.92 Å². The third-order valence-electron chi connectivity index (χ3n) is 5.74. The summed E-state index contributed by atoms with van der Waals surface area (Å²) in [6.07, 6.45) is 5.11. The van der Waals surface area contributed by atoms with Crippen LogP contribution in [0.15, 0.2) is 78.0 Å². The molecule has 0 fully saturated rings. The van der Waals surface area contributed by atoms with Gasteiger partial charge in [-0.2, -0.15) is 0 Å². The molecule has 0 aliphatic heterocycles. The first-order chi connectivity index (χ1) is 16.1. The van der Waals surface area contributed by atoms with Crippen molar-refractivity contribution in [1.82, 2.24) is 29.7 Å². The molecule has 0 saturated carbocycles. The Balaban J connectivity index is 1.46. The van der Waals surface area contributed by atoms with Crippen molar-refractivity contribution in [1.29, 1.82) is 0 Å². The van der Waals surface area contributed by atoms with Crippen molar-refractivity contribution in [2.75, 3.05) is 0 Å². The number of aryl methyl sites for hydroxylation is 1. The zero-order chi connectivity index (χ0) is 22.5. The zero-order valence-corrected chi connectivity index (χ0v) is 18.3. The van der Waals surface area contributed by atoms with E-state index in [1.807, 2.05) is 37.3 Å². The van der Waals surface area contributed by atoms with Crippen molar-refractivity contribution >= 4 is 33.5 Å². The van der Waals surface area contributed by atoms with E-state index in [0.29, 0.717) is 16.1 Å². The van der Waals surface area contributed by atoms with E-state index in [9.17, 15) is 4.79 Å². The number of nitrogens with one attached hydrogen (secondary N) is 2. The van der Waals surface area contributed by atoms with Crippen molar-refractivity contribution in [3.63, 3.8) is 0 Å². The Kier molecular flexibility index (Phi) is 4.38. The molecule has 0 spiro atoms. The molecule has 4 heterocycles. The molecule has 0 aliphatic rings. The second-order valence-corrected chi connectivity index (χ2v) is 8.23.